The van der Waals surface area contributed by atoms with Crippen molar-refractivity contribution in [1.82, 2.24) is 20.0 Å². The molecule has 2 saturated heterocycles. The molecule has 1 spiro atoms. The van der Waals surface area contributed by atoms with E-state index in [1.165, 1.54) is 12.7 Å². The van der Waals surface area contributed by atoms with E-state index in [0.29, 0.717) is 30.5 Å². The molecule has 0 bridgehead atoms. The molecule has 0 radical (unpaired) electrons. The van der Waals surface area contributed by atoms with E-state index in [4.69, 9.17) is 13.7 Å². The van der Waals surface area contributed by atoms with Gasteiger partial charge in [0.2, 0.25) is 0 Å². The third kappa shape index (κ3) is 2.63. The number of piperidine rings is 1. The first-order valence-corrected chi connectivity index (χ1v) is 7.81. The van der Waals surface area contributed by atoms with Gasteiger partial charge in [-0.25, -0.2) is 4.98 Å². The lowest BCUT2D eigenvalue weighted by molar-refractivity contribution is -0.0821. The Morgan fingerprint density at radius 2 is 2.17 bits per heavy atom. The molecule has 2 aliphatic heterocycles. The predicted octanol–water partition coefficient (Wildman–Crippen LogP) is 1.89. The van der Waals surface area contributed by atoms with Crippen LogP contribution in [0.1, 0.15) is 54.0 Å². The second-order valence-corrected chi connectivity index (χ2v) is 6.17. The SMILES string of the molecule is Cc1noc([C@@H]2CCC3(CCN(C(=O)c4cocn4)CC3)O2)n1. The smallest absolute Gasteiger partial charge is 0.275 e. The average molecular weight is 318 g/mol. The Hall–Kier alpha value is -2.22. The fraction of sp³-hybridized carbons (Fsp3) is 0.600. The fourth-order valence-corrected chi connectivity index (χ4v) is 3.40. The zero-order valence-electron chi connectivity index (χ0n) is 12.9. The van der Waals surface area contributed by atoms with Crippen LogP contribution in [0, 0.1) is 6.92 Å². The maximum Gasteiger partial charge on any atom is 0.275 e. The highest BCUT2D eigenvalue weighted by molar-refractivity contribution is 5.91. The van der Waals surface area contributed by atoms with Crippen LogP contribution < -0.4 is 0 Å². The molecule has 2 aliphatic rings. The largest absolute Gasteiger partial charge is 0.451 e. The van der Waals surface area contributed by atoms with Crippen molar-refractivity contribution in [3.8, 4) is 0 Å². The first-order valence-electron chi connectivity index (χ1n) is 7.81. The minimum absolute atomic E-state index is 0.0873. The van der Waals surface area contributed by atoms with Crippen molar-refractivity contribution in [2.75, 3.05) is 13.1 Å². The number of likely N-dealkylation sites (tertiary alicyclic amines) is 1. The van der Waals surface area contributed by atoms with Gasteiger partial charge in [0.1, 0.15) is 12.4 Å². The molecule has 0 aliphatic carbocycles. The number of hydrogen-bond acceptors (Lipinski definition) is 7. The first-order chi connectivity index (χ1) is 11.2. The summed E-state index contributed by atoms with van der Waals surface area (Å²) in [5.41, 5.74) is 0.167. The van der Waals surface area contributed by atoms with Gasteiger partial charge in [0, 0.05) is 13.1 Å². The average Bonchev–Trinajstić information content (AvgIpc) is 3.28. The quantitative estimate of drug-likeness (QED) is 0.834. The maximum atomic E-state index is 12.3. The molecule has 8 heteroatoms. The molecule has 0 aromatic carbocycles. The zero-order chi connectivity index (χ0) is 15.9. The number of carbonyl (C=O) groups is 1. The van der Waals surface area contributed by atoms with Gasteiger partial charge in [0.15, 0.2) is 17.9 Å². The lowest BCUT2D eigenvalue weighted by Gasteiger charge is -2.38. The number of oxazole rings is 1. The summed E-state index contributed by atoms with van der Waals surface area (Å²) >= 11 is 0. The van der Waals surface area contributed by atoms with Crippen molar-refractivity contribution in [2.45, 2.75) is 44.3 Å². The van der Waals surface area contributed by atoms with Gasteiger partial charge in [-0.3, -0.25) is 4.79 Å². The van der Waals surface area contributed by atoms with Gasteiger partial charge in [0.05, 0.1) is 5.60 Å². The number of hydrogen-bond donors (Lipinski definition) is 0. The molecule has 0 unspecified atom stereocenters. The number of aryl methyl sites for hydroxylation is 1. The van der Waals surface area contributed by atoms with E-state index in [-0.39, 0.29) is 17.6 Å². The van der Waals surface area contributed by atoms with Gasteiger partial charge < -0.3 is 18.6 Å². The van der Waals surface area contributed by atoms with Gasteiger partial charge in [0.25, 0.3) is 11.8 Å². The highest BCUT2D eigenvalue weighted by atomic mass is 16.5. The van der Waals surface area contributed by atoms with Gasteiger partial charge in [-0.2, -0.15) is 4.98 Å². The molecular formula is C15H18N4O4. The molecule has 1 amide bonds. The monoisotopic (exact) mass is 318 g/mol. The second-order valence-electron chi connectivity index (χ2n) is 6.17. The number of aromatic nitrogens is 3. The minimum Gasteiger partial charge on any atom is -0.451 e. The van der Waals surface area contributed by atoms with Crippen LogP contribution in [-0.4, -0.2) is 44.6 Å². The Balaban J connectivity index is 1.39. The molecule has 122 valence electrons. The van der Waals surface area contributed by atoms with Gasteiger partial charge in [-0.15, -0.1) is 0 Å². The number of carbonyl (C=O) groups excluding carboxylic acids is 1. The van der Waals surface area contributed by atoms with Crippen LogP contribution in [0.15, 0.2) is 21.6 Å². The minimum atomic E-state index is -0.187. The van der Waals surface area contributed by atoms with E-state index in [2.05, 4.69) is 15.1 Å². The normalized spacial score (nSPS) is 23.5. The molecule has 8 nitrogen and oxygen atoms in total. The van der Waals surface area contributed by atoms with Crippen LogP contribution in [0.5, 0.6) is 0 Å². The molecule has 2 aromatic rings. The lowest BCUT2D eigenvalue weighted by atomic mass is 9.88. The summed E-state index contributed by atoms with van der Waals surface area (Å²) in [6.45, 7) is 3.11. The van der Waals surface area contributed by atoms with Crippen LogP contribution in [0.3, 0.4) is 0 Å². The van der Waals surface area contributed by atoms with Crippen molar-refractivity contribution < 1.29 is 18.5 Å². The molecule has 4 heterocycles. The summed E-state index contributed by atoms with van der Waals surface area (Å²) in [6, 6.07) is 0. The number of ether oxygens (including phenoxy) is 1. The number of nitrogens with zero attached hydrogens (tertiary/aromatic N) is 4. The highest BCUT2D eigenvalue weighted by Gasteiger charge is 2.45. The molecule has 1 atom stereocenters. The van der Waals surface area contributed by atoms with Crippen LogP contribution >= 0.6 is 0 Å². The first kappa shape index (κ1) is 14.4. The van der Waals surface area contributed by atoms with Crippen LogP contribution in [0.4, 0.5) is 0 Å². The van der Waals surface area contributed by atoms with E-state index >= 15 is 0 Å². The topological polar surface area (TPSA) is 94.5 Å². The van der Waals surface area contributed by atoms with Crippen molar-refractivity contribution in [3.63, 3.8) is 0 Å². The molecule has 2 aromatic heterocycles. The molecule has 4 rings (SSSR count). The summed E-state index contributed by atoms with van der Waals surface area (Å²) in [5.74, 6) is 1.09. The van der Waals surface area contributed by atoms with Crippen molar-refractivity contribution >= 4 is 5.91 Å². The van der Waals surface area contributed by atoms with Gasteiger partial charge in [-0.05, 0) is 32.6 Å². The number of rotatable bonds is 2. The fourth-order valence-electron chi connectivity index (χ4n) is 3.40. The second kappa shape index (κ2) is 5.45. The highest BCUT2D eigenvalue weighted by Crippen LogP contribution is 2.44. The van der Waals surface area contributed by atoms with E-state index in [0.717, 1.165) is 25.7 Å². The Morgan fingerprint density at radius 3 is 2.83 bits per heavy atom. The van der Waals surface area contributed by atoms with E-state index < -0.39 is 0 Å². The zero-order valence-corrected chi connectivity index (χ0v) is 12.9. The maximum absolute atomic E-state index is 12.3. The Morgan fingerprint density at radius 1 is 1.35 bits per heavy atom. The summed E-state index contributed by atoms with van der Waals surface area (Å²) < 4.78 is 16.3. The van der Waals surface area contributed by atoms with Crippen molar-refractivity contribution in [2.24, 2.45) is 0 Å². The Kier molecular flexibility index (Phi) is 3.41. The summed E-state index contributed by atoms with van der Waals surface area (Å²) in [7, 11) is 0. The third-order valence-electron chi connectivity index (χ3n) is 4.69. The van der Waals surface area contributed by atoms with Crippen LogP contribution in [0.2, 0.25) is 0 Å². The van der Waals surface area contributed by atoms with E-state index in [9.17, 15) is 4.79 Å². The standard InChI is InChI=1S/C15H18N4O4/c1-10-17-13(23-18-10)12-2-3-15(22-12)4-6-19(7-5-15)14(20)11-8-21-9-16-11/h8-9,12H,2-7H2,1H3/t12-/m0/s1. The van der Waals surface area contributed by atoms with E-state index in [1.54, 1.807) is 11.8 Å². The molecule has 0 saturated carbocycles. The molecule has 2 fully saturated rings. The lowest BCUT2D eigenvalue weighted by Crippen LogP contribution is -2.46. The third-order valence-corrected chi connectivity index (χ3v) is 4.69. The van der Waals surface area contributed by atoms with Crippen molar-refractivity contribution in [1.29, 1.82) is 0 Å². The summed E-state index contributed by atoms with van der Waals surface area (Å²) in [4.78, 5) is 22.3. The molecular weight excluding hydrogens is 300 g/mol. The summed E-state index contributed by atoms with van der Waals surface area (Å²) in [5, 5.41) is 3.82. The molecule has 0 N–H and O–H groups in total. The Labute approximate surface area is 132 Å². The number of amides is 1. The Bertz CT molecular complexity index is 688. The predicted molar refractivity (Wildman–Crippen MR) is 76.5 cm³/mol. The van der Waals surface area contributed by atoms with Crippen LogP contribution in [0.25, 0.3) is 0 Å². The van der Waals surface area contributed by atoms with Gasteiger partial charge >= 0.3 is 0 Å². The molecule has 23 heavy (non-hydrogen) atoms. The van der Waals surface area contributed by atoms with Gasteiger partial charge in [-0.1, -0.05) is 5.16 Å². The van der Waals surface area contributed by atoms with Crippen LogP contribution in [-0.2, 0) is 4.74 Å². The van der Waals surface area contributed by atoms with Crippen molar-refractivity contribution in [3.05, 3.63) is 30.1 Å². The van der Waals surface area contributed by atoms with E-state index in [1.807, 2.05) is 0 Å². The summed E-state index contributed by atoms with van der Waals surface area (Å²) in [6.07, 6.45) is 5.96.